The molecule has 0 aliphatic carbocycles. The molecule has 1 aliphatic heterocycles. The standard InChI is InChI=1S/C16H24N2O3/c1-16(2,3)21-15(19)18-9-6-14(7-10-18)20-12-13-5-4-8-17-11-13/h4-5,8,11,14H,6-7,9-10,12H2,1-3H3. The van der Waals surface area contributed by atoms with E-state index in [1.165, 1.54) is 0 Å². The Morgan fingerprint density at radius 1 is 1.38 bits per heavy atom. The highest BCUT2D eigenvalue weighted by molar-refractivity contribution is 5.68. The molecule has 0 bridgehead atoms. The van der Waals surface area contributed by atoms with Crippen LogP contribution in [0.3, 0.4) is 0 Å². The molecule has 0 saturated carbocycles. The first kappa shape index (κ1) is 15.8. The third-order valence-electron chi connectivity index (χ3n) is 3.30. The van der Waals surface area contributed by atoms with Crippen LogP contribution in [0.25, 0.3) is 0 Å². The predicted octanol–water partition coefficient (Wildman–Crippen LogP) is 3.00. The van der Waals surface area contributed by atoms with Crippen molar-refractivity contribution in [3.05, 3.63) is 30.1 Å². The van der Waals surface area contributed by atoms with Crippen LogP contribution in [0.5, 0.6) is 0 Å². The van der Waals surface area contributed by atoms with E-state index in [0.29, 0.717) is 19.7 Å². The van der Waals surface area contributed by atoms with Gasteiger partial charge in [-0.05, 0) is 45.2 Å². The van der Waals surface area contributed by atoms with Gasteiger partial charge in [-0.25, -0.2) is 4.79 Å². The normalized spacial score (nSPS) is 16.8. The van der Waals surface area contributed by atoms with Gasteiger partial charge < -0.3 is 14.4 Å². The highest BCUT2D eigenvalue weighted by atomic mass is 16.6. The first-order valence-electron chi connectivity index (χ1n) is 7.42. The lowest BCUT2D eigenvalue weighted by molar-refractivity contribution is -0.0171. The molecule has 0 N–H and O–H groups in total. The summed E-state index contributed by atoms with van der Waals surface area (Å²) in [5.41, 5.74) is 0.636. The summed E-state index contributed by atoms with van der Waals surface area (Å²) in [4.78, 5) is 17.8. The fraction of sp³-hybridized carbons (Fsp3) is 0.625. The van der Waals surface area contributed by atoms with Crippen LogP contribution in [0.2, 0.25) is 0 Å². The Balaban J connectivity index is 1.72. The Morgan fingerprint density at radius 3 is 2.67 bits per heavy atom. The summed E-state index contributed by atoms with van der Waals surface area (Å²) >= 11 is 0. The molecule has 0 radical (unpaired) electrons. The minimum absolute atomic E-state index is 0.198. The monoisotopic (exact) mass is 292 g/mol. The zero-order valence-electron chi connectivity index (χ0n) is 13.0. The number of amides is 1. The van der Waals surface area contributed by atoms with Gasteiger partial charge in [-0.3, -0.25) is 4.98 Å². The molecule has 116 valence electrons. The van der Waals surface area contributed by atoms with Crippen LogP contribution in [0.4, 0.5) is 4.79 Å². The Morgan fingerprint density at radius 2 is 2.10 bits per heavy atom. The number of hydrogen-bond donors (Lipinski definition) is 0. The number of ether oxygens (including phenoxy) is 2. The average molecular weight is 292 g/mol. The molecule has 1 amide bonds. The smallest absolute Gasteiger partial charge is 0.410 e. The Labute approximate surface area is 126 Å². The lowest BCUT2D eigenvalue weighted by Crippen LogP contribution is -2.43. The summed E-state index contributed by atoms with van der Waals surface area (Å²) in [5.74, 6) is 0. The van der Waals surface area contributed by atoms with Crippen molar-refractivity contribution < 1.29 is 14.3 Å². The molecule has 1 aromatic heterocycles. The Hall–Kier alpha value is -1.62. The lowest BCUT2D eigenvalue weighted by Gasteiger charge is -2.33. The van der Waals surface area contributed by atoms with Gasteiger partial charge in [0.05, 0.1) is 12.7 Å². The van der Waals surface area contributed by atoms with Gasteiger partial charge in [0.2, 0.25) is 0 Å². The van der Waals surface area contributed by atoms with E-state index >= 15 is 0 Å². The van der Waals surface area contributed by atoms with Crippen molar-refractivity contribution in [1.82, 2.24) is 9.88 Å². The van der Waals surface area contributed by atoms with E-state index < -0.39 is 5.60 Å². The molecular formula is C16H24N2O3. The third kappa shape index (κ3) is 5.34. The highest BCUT2D eigenvalue weighted by Gasteiger charge is 2.27. The fourth-order valence-corrected chi connectivity index (χ4v) is 2.23. The van der Waals surface area contributed by atoms with Gasteiger partial charge in [0.25, 0.3) is 0 Å². The summed E-state index contributed by atoms with van der Waals surface area (Å²) in [6, 6.07) is 3.91. The van der Waals surface area contributed by atoms with Crippen LogP contribution in [0.15, 0.2) is 24.5 Å². The van der Waals surface area contributed by atoms with E-state index in [2.05, 4.69) is 4.98 Å². The maximum atomic E-state index is 12.0. The van der Waals surface area contributed by atoms with Crippen LogP contribution in [0, 0.1) is 0 Å². The van der Waals surface area contributed by atoms with Crippen LogP contribution < -0.4 is 0 Å². The second kappa shape index (κ2) is 6.89. The predicted molar refractivity (Wildman–Crippen MR) is 79.9 cm³/mol. The number of aromatic nitrogens is 1. The van der Waals surface area contributed by atoms with Crippen molar-refractivity contribution >= 4 is 6.09 Å². The molecule has 0 unspecified atom stereocenters. The maximum absolute atomic E-state index is 12.0. The maximum Gasteiger partial charge on any atom is 0.410 e. The highest BCUT2D eigenvalue weighted by Crippen LogP contribution is 2.18. The van der Waals surface area contributed by atoms with Crippen molar-refractivity contribution in [3.63, 3.8) is 0 Å². The Bertz CT molecular complexity index is 448. The van der Waals surface area contributed by atoms with E-state index in [0.717, 1.165) is 18.4 Å². The van der Waals surface area contributed by atoms with Crippen LogP contribution in [-0.4, -0.2) is 40.8 Å². The quantitative estimate of drug-likeness (QED) is 0.859. The molecule has 2 rings (SSSR count). The first-order valence-corrected chi connectivity index (χ1v) is 7.42. The average Bonchev–Trinajstić information content (AvgIpc) is 2.45. The number of hydrogen-bond acceptors (Lipinski definition) is 4. The summed E-state index contributed by atoms with van der Waals surface area (Å²) in [6.07, 6.45) is 5.23. The van der Waals surface area contributed by atoms with Gasteiger partial charge in [0.1, 0.15) is 5.60 Å². The zero-order chi connectivity index (χ0) is 15.3. The molecule has 1 saturated heterocycles. The van der Waals surface area contributed by atoms with Crippen molar-refractivity contribution in [2.75, 3.05) is 13.1 Å². The Kier molecular flexibility index (Phi) is 5.17. The molecule has 0 spiro atoms. The van der Waals surface area contributed by atoms with Crippen molar-refractivity contribution in [1.29, 1.82) is 0 Å². The molecule has 0 atom stereocenters. The van der Waals surface area contributed by atoms with Gasteiger partial charge in [-0.1, -0.05) is 6.07 Å². The zero-order valence-corrected chi connectivity index (χ0v) is 13.0. The first-order chi connectivity index (χ1) is 9.94. The van der Waals surface area contributed by atoms with E-state index in [1.54, 1.807) is 11.1 Å². The van der Waals surface area contributed by atoms with E-state index in [1.807, 2.05) is 39.1 Å². The van der Waals surface area contributed by atoms with Gasteiger partial charge in [0.15, 0.2) is 0 Å². The van der Waals surface area contributed by atoms with Crippen LogP contribution >= 0.6 is 0 Å². The minimum atomic E-state index is -0.440. The lowest BCUT2D eigenvalue weighted by atomic mass is 10.1. The summed E-state index contributed by atoms with van der Waals surface area (Å²) in [5, 5.41) is 0. The third-order valence-corrected chi connectivity index (χ3v) is 3.30. The molecule has 1 aromatic rings. The van der Waals surface area contributed by atoms with Crippen LogP contribution in [-0.2, 0) is 16.1 Å². The van der Waals surface area contributed by atoms with Gasteiger partial charge in [0, 0.05) is 25.5 Å². The van der Waals surface area contributed by atoms with Crippen LogP contribution in [0.1, 0.15) is 39.2 Å². The van der Waals surface area contributed by atoms with Gasteiger partial charge in [-0.2, -0.15) is 0 Å². The van der Waals surface area contributed by atoms with Crippen molar-refractivity contribution in [3.8, 4) is 0 Å². The van der Waals surface area contributed by atoms with E-state index in [9.17, 15) is 4.79 Å². The number of piperidine rings is 1. The number of nitrogens with zero attached hydrogens (tertiary/aromatic N) is 2. The molecular weight excluding hydrogens is 268 g/mol. The summed E-state index contributed by atoms with van der Waals surface area (Å²) in [7, 11) is 0. The number of likely N-dealkylation sites (tertiary alicyclic amines) is 1. The van der Waals surface area contributed by atoms with E-state index in [-0.39, 0.29) is 12.2 Å². The molecule has 0 aromatic carbocycles. The van der Waals surface area contributed by atoms with Gasteiger partial charge >= 0.3 is 6.09 Å². The molecule has 2 heterocycles. The van der Waals surface area contributed by atoms with Crippen molar-refractivity contribution in [2.24, 2.45) is 0 Å². The fourth-order valence-electron chi connectivity index (χ4n) is 2.23. The largest absolute Gasteiger partial charge is 0.444 e. The summed E-state index contributed by atoms with van der Waals surface area (Å²) in [6.45, 7) is 7.60. The minimum Gasteiger partial charge on any atom is -0.444 e. The topological polar surface area (TPSA) is 51.7 Å². The van der Waals surface area contributed by atoms with Gasteiger partial charge in [-0.15, -0.1) is 0 Å². The molecule has 5 nitrogen and oxygen atoms in total. The molecule has 1 aliphatic rings. The van der Waals surface area contributed by atoms with Crippen molar-refractivity contribution in [2.45, 2.75) is 51.9 Å². The molecule has 1 fully saturated rings. The number of carbonyl (C=O) groups is 1. The SMILES string of the molecule is CC(C)(C)OC(=O)N1CCC(OCc2cccnc2)CC1. The number of carbonyl (C=O) groups excluding carboxylic acids is 1. The molecule has 21 heavy (non-hydrogen) atoms. The van der Waals surface area contributed by atoms with E-state index in [4.69, 9.17) is 9.47 Å². The second-order valence-electron chi connectivity index (χ2n) is 6.34. The number of pyridine rings is 1. The number of rotatable bonds is 3. The summed E-state index contributed by atoms with van der Waals surface area (Å²) < 4.78 is 11.3. The second-order valence-corrected chi connectivity index (χ2v) is 6.34. The molecule has 5 heteroatoms.